The number of aromatic nitrogens is 6. The average Bonchev–Trinajstić information content (AvgIpc) is 3.65. The maximum atomic E-state index is 13.3. The van der Waals surface area contributed by atoms with E-state index in [1.807, 2.05) is 20.0 Å². The Hall–Kier alpha value is -5.68. The van der Waals surface area contributed by atoms with Crippen LogP contribution < -0.4 is 11.1 Å². The smallest absolute Gasteiger partial charge is 0.399 e. The van der Waals surface area contributed by atoms with E-state index >= 15 is 0 Å². The molecule has 0 spiro atoms. The van der Waals surface area contributed by atoms with Crippen molar-refractivity contribution in [3.05, 3.63) is 146 Å². The summed E-state index contributed by atoms with van der Waals surface area (Å²) in [6.45, 7) is 3.68. The molecule has 0 bridgehead atoms. The van der Waals surface area contributed by atoms with Crippen LogP contribution in [0.15, 0.2) is 97.1 Å². The van der Waals surface area contributed by atoms with Gasteiger partial charge in [0.2, 0.25) is 0 Å². The third-order valence-electron chi connectivity index (χ3n) is 9.08. The number of hydrogen-bond donors (Lipinski definition) is 2. The minimum Gasteiger partial charge on any atom is -0.399 e. The van der Waals surface area contributed by atoms with Crippen LogP contribution in [0.25, 0.3) is 44.3 Å². The predicted octanol–water partition coefficient (Wildman–Crippen LogP) is 13.6. The number of rotatable bonds is 4. The summed E-state index contributed by atoms with van der Waals surface area (Å²) < 4.78 is 106. The Morgan fingerprint density at radius 2 is 1.02 bits per heavy atom. The lowest BCUT2D eigenvalue weighted by atomic mass is 10.1. The number of fused-ring (bicyclic) bond motifs is 2. The Morgan fingerprint density at radius 3 is 1.50 bits per heavy atom. The molecule has 8 rings (SSSR count). The Bertz CT molecular complexity index is 2880. The maximum Gasteiger partial charge on any atom is 0.417 e. The van der Waals surface area contributed by atoms with Gasteiger partial charge in [0.1, 0.15) is 22.6 Å². The highest BCUT2D eigenvalue weighted by Gasteiger charge is 2.34. The lowest BCUT2D eigenvalue weighted by molar-refractivity contribution is -0.138. The topological polar surface area (TPSA) is 99.5 Å². The Labute approximate surface area is 369 Å². The van der Waals surface area contributed by atoms with E-state index < -0.39 is 23.5 Å². The maximum absolute atomic E-state index is 13.3. The van der Waals surface area contributed by atoms with Crippen LogP contribution in [-0.4, -0.2) is 29.5 Å². The molecule has 8 aromatic rings. The molecule has 0 atom stereocenters. The number of nitrogens with zero attached hydrogens (tertiary/aromatic N) is 6. The van der Waals surface area contributed by atoms with E-state index in [-0.39, 0.29) is 45.5 Å². The van der Waals surface area contributed by atoms with Crippen LogP contribution in [0.2, 0.25) is 15.2 Å². The number of anilines is 3. The monoisotopic (exact) mass is 940 g/mol. The zero-order chi connectivity index (χ0) is 44.6. The predicted molar refractivity (Wildman–Crippen MR) is 230 cm³/mol. The number of nitrogens with two attached hydrogens (primary N) is 1. The molecule has 4 aromatic heterocycles. The molecule has 0 aliphatic carbocycles. The van der Waals surface area contributed by atoms with Crippen LogP contribution in [0.3, 0.4) is 0 Å². The van der Waals surface area contributed by atoms with Crippen molar-refractivity contribution in [3.8, 4) is 22.5 Å². The summed E-state index contributed by atoms with van der Waals surface area (Å²) in [5.41, 5.74) is 9.43. The van der Waals surface area contributed by atoms with Crippen molar-refractivity contribution < 1.29 is 35.1 Å². The quantitative estimate of drug-likeness (QED) is 0.104. The van der Waals surface area contributed by atoms with Crippen LogP contribution in [0.4, 0.5) is 52.3 Å². The number of halogens is 12. The molecule has 62 heavy (non-hydrogen) atoms. The Kier molecular flexibility index (Phi) is 14.3. The van der Waals surface area contributed by atoms with Crippen molar-refractivity contribution in [3.63, 3.8) is 0 Å². The summed E-state index contributed by atoms with van der Waals surface area (Å²) in [4.78, 5) is 8.95. The molecule has 0 fully saturated rings. The number of aryl methyl sites for hydroxylation is 4. The molecule has 3 N–H and O–H groups in total. The molecular formula is C42H32Cl4F8N8. The van der Waals surface area contributed by atoms with Crippen molar-refractivity contribution in [2.24, 2.45) is 14.1 Å². The fourth-order valence-electron chi connectivity index (χ4n) is 6.24. The van der Waals surface area contributed by atoms with E-state index in [4.69, 9.17) is 40.5 Å². The van der Waals surface area contributed by atoms with Crippen LogP contribution >= 0.6 is 47.2 Å². The fraction of sp³-hybridized carbons (Fsp3) is 0.143. The van der Waals surface area contributed by atoms with Gasteiger partial charge in [-0.2, -0.15) is 36.5 Å². The summed E-state index contributed by atoms with van der Waals surface area (Å²) in [6.07, 6.45) is -9.02. The molecule has 324 valence electrons. The first-order chi connectivity index (χ1) is 28.6. The SMILES string of the molecule is Cc1nn(C)c2cc(-c3ccc(F)cc3)nc(Cl)c12.Cc1nn(C)c2cc(-c3ccc(F)cc3)nc(Nc3ccc(Cl)c(C(F)(F)F)c3)c12.Cl.Nc1ccc(Cl)c(C(F)(F)F)c1. The number of pyridine rings is 2. The highest BCUT2D eigenvalue weighted by Crippen LogP contribution is 2.39. The van der Waals surface area contributed by atoms with Gasteiger partial charge in [-0.05, 0) is 111 Å². The normalized spacial score (nSPS) is 11.4. The molecule has 0 amide bonds. The molecule has 0 aliphatic rings. The number of nitrogen functional groups attached to an aromatic ring is 1. The summed E-state index contributed by atoms with van der Waals surface area (Å²) >= 11 is 17.2. The van der Waals surface area contributed by atoms with E-state index in [9.17, 15) is 35.1 Å². The van der Waals surface area contributed by atoms with Gasteiger partial charge in [0.25, 0.3) is 0 Å². The molecule has 0 aliphatic heterocycles. The number of nitrogens with one attached hydrogen (secondary N) is 1. The van der Waals surface area contributed by atoms with Gasteiger partial charge in [0.15, 0.2) is 0 Å². The summed E-state index contributed by atoms with van der Waals surface area (Å²) in [6, 6.07) is 22.5. The van der Waals surface area contributed by atoms with Gasteiger partial charge in [-0.1, -0.05) is 34.8 Å². The van der Waals surface area contributed by atoms with E-state index in [0.29, 0.717) is 39.0 Å². The molecule has 4 heterocycles. The summed E-state index contributed by atoms with van der Waals surface area (Å²) in [7, 11) is 3.62. The minimum absolute atomic E-state index is 0. The van der Waals surface area contributed by atoms with Crippen molar-refractivity contribution >= 4 is 86.2 Å². The lowest BCUT2D eigenvalue weighted by Crippen LogP contribution is -2.07. The second-order valence-corrected chi connectivity index (χ2v) is 14.6. The van der Waals surface area contributed by atoms with E-state index in [1.165, 1.54) is 42.5 Å². The first kappa shape index (κ1) is 47.4. The first-order valence-corrected chi connectivity index (χ1v) is 18.9. The van der Waals surface area contributed by atoms with Gasteiger partial charge in [0, 0.05) is 36.6 Å². The number of benzene rings is 4. The van der Waals surface area contributed by atoms with Gasteiger partial charge in [-0.3, -0.25) is 9.36 Å². The fourth-order valence-corrected chi connectivity index (χ4v) is 7.01. The third kappa shape index (κ3) is 10.7. The summed E-state index contributed by atoms with van der Waals surface area (Å²) in [5.74, 6) is -0.310. The van der Waals surface area contributed by atoms with E-state index in [0.717, 1.165) is 45.9 Å². The Balaban J connectivity index is 0.000000194. The third-order valence-corrected chi connectivity index (χ3v) is 10.0. The van der Waals surface area contributed by atoms with Gasteiger partial charge in [-0.15, -0.1) is 12.4 Å². The molecule has 8 nitrogen and oxygen atoms in total. The van der Waals surface area contributed by atoms with Gasteiger partial charge in [-0.25, -0.2) is 18.7 Å². The van der Waals surface area contributed by atoms with Crippen LogP contribution in [-0.2, 0) is 26.4 Å². The largest absolute Gasteiger partial charge is 0.417 e. The van der Waals surface area contributed by atoms with Crippen LogP contribution in [0.1, 0.15) is 22.5 Å². The number of hydrogen-bond acceptors (Lipinski definition) is 6. The molecule has 0 saturated heterocycles. The van der Waals surface area contributed by atoms with Crippen LogP contribution in [0, 0.1) is 25.5 Å². The molecule has 0 radical (unpaired) electrons. The zero-order valence-electron chi connectivity index (χ0n) is 32.6. The highest BCUT2D eigenvalue weighted by atomic mass is 35.5. The highest BCUT2D eigenvalue weighted by molar-refractivity contribution is 6.34. The van der Waals surface area contributed by atoms with Crippen molar-refractivity contribution in [1.29, 1.82) is 0 Å². The zero-order valence-corrected chi connectivity index (χ0v) is 35.6. The summed E-state index contributed by atoms with van der Waals surface area (Å²) in [5, 5.41) is 12.9. The second kappa shape index (κ2) is 18.7. The van der Waals surface area contributed by atoms with E-state index in [2.05, 4.69) is 25.5 Å². The molecule has 0 unspecified atom stereocenters. The molecule has 20 heteroatoms. The van der Waals surface area contributed by atoms with Crippen molar-refractivity contribution in [2.75, 3.05) is 11.1 Å². The van der Waals surface area contributed by atoms with E-state index in [1.54, 1.807) is 53.7 Å². The van der Waals surface area contributed by atoms with Crippen molar-refractivity contribution in [2.45, 2.75) is 26.2 Å². The first-order valence-electron chi connectivity index (χ1n) is 17.7. The second-order valence-electron chi connectivity index (χ2n) is 13.4. The van der Waals surface area contributed by atoms with Gasteiger partial charge >= 0.3 is 12.4 Å². The van der Waals surface area contributed by atoms with Gasteiger partial charge in [0.05, 0.1) is 65.8 Å². The lowest BCUT2D eigenvalue weighted by Gasteiger charge is -2.14. The minimum atomic E-state index is -4.59. The molecular weight excluding hydrogens is 910 g/mol. The van der Waals surface area contributed by atoms with Crippen molar-refractivity contribution in [1.82, 2.24) is 29.5 Å². The average molecular weight is 943 g/mol. The number of alkyl halides is 6. The van der Waals surface area contributed by atoms with Crippen LogP contribution in [0.5, 0.6) is 0 Å². The molecule has 0 saturated carbocycles. The Morgan fingerprint density at radius 1 is 0.581 bits per heavy atom. The molecule has 4 aromatic carbocycles. The standard InChI is InChI=1S/C21H15ClF4N4.C14H11ClFN3.C7H5ClF3N.ClH/c1-11-19-18(30(2)29-11)10-17(12-3-5-13(23)6-4-12)28-20(19)27-14-7-8-16(22)15(9-14)21(24,25)26;1-8-13-12(19(2)18-8)7-11(17-14(13)15)9-3-5-10(16)6-4-9;8-6-2-1-4(12)3-5(6)7(9,10)11;/h3-10H,1-2H3,(H,27,28);3-7H,1-2H3;1-3H,12H2;1H. The van der Waals surface area contributed by atoms with Gasteiger partial charge < -0.3 is 11.1 Å².